The first-order valence-electron chi connectivity index (χ1n) is 8.57. The molecule has 0 radical (unpaired) electrons. The van der Waals surface area contributed by atoms with Gasteiger partial charge >= 0.3 is 5.97 Å². The van der Waals surface area contributed by atoms with E-state index in [0.29, 0.717) is 23.1 Å². The molecule has 23 heavy (non-hydrogen) atoms. The maximum Gasteiger partial charge on any atom is 0.339 e. The van der Waals surface area contributed by atoms with Gasteiger partial charge in [-0.3, -0.25) is 0 Å². The molecule has 0 aliphatic heterocycles. The molecule has 2 N–H and O–H groups in total. The van der Waals surface area contributed by atoms with Gasteiger partial charge in [0, 0.05) is 23.2 Å². The van der Waals surface area contributed by atoms with Crippen molar-refractivity contribution in [3.05, 3.63) is 22.4 Å². The summed E-state index contributed by atoms with van der Waals surface area (Å²) in [5.74, 6) is -0.347. The molecule has 0 aromatic carbocycles. The van der Waals surface area contributed by atoms with E-state index in [9.17, 15) is 4.79 Å². The van der Waals surface area contributed by atoms with Gasteiger partial charge in [0.2, 0.25) is 0 Å². The molecule has 0 bridgehead atoms. The van der Waals surface area contributed by atoms with Gasteiger partial charge in [-0.2, -0.15) is 0 Å². The molecule has 2 aliphatic carbocycles. The van der Waals surface area contributed by atoms with E-state index in [1.165, 1.54) is 32.1 Å². The van der Waals surface area contributed by atoms with Crippen molar-refractivity contribution in [1.82, 2.24) is 10.6 Å². The number of esters is 1. The van der Waals surface area contributed by atoms with Crippen molar-refractivity contribution in [2.75, 3.05) is 7.05 Å². The predicted octanol–water partition coefficient (Wildman–Crippen LogP) is 3.62. The fourth-order valence-electron chi connectivity index (χ4n) is 3.12. The quantitative estimate of drug-likeness (QED) is 0.767. The van der Waals surface area contributed by atoms with Crippen molar-refractivity contribution < 1.29 is 9.53 Å². The van der Waals surface area contributed by atoms with Gasteiger partial charge in [-0.1, -0.05) is 30.9 Å². The molecular weight excluding hydrogens is 312 g/mol. The fourth-order valence-corrected chi connectivity index (χ4v) is 3.40. The molecule has 5 heteroatoms. The molecule has 1 fully saturated rings. The summed E-state index contributed by atoms with van der Waals surface area (Å²) in [6, 6.07) is 0.609. The van der Waals surface area contributed by atoms with Crippen LogP contribution in [-0.4, -0.2) is 30.7 Å². The van der Waals surface area contributed by atoms with Crippen LogP contribution < -0.4 is 10.6 Å². The Morgan fingerprint density at radius 3 is 2.48 bits per heavy atom. The first-order chi connectivity index (χ1) is 10.8. The lowest BCUT2D eigenvalue weighted by Gasteiger charge is -2.32. The van der Waals surface area contributed by atoms with E-state index in [1.807, 2.05) is 33.9 Å². The average molecular weight is 341 g/mol. The summed E-state index contributed by atoms with van der Waals surface area (Å²) in [6.45, 7) is 5.59. The van der Waals surface area contributed by atoms with Crippen LogP contribution in [0.3, 0.4) is 0 Å². The van der Waals surface area contributed by atoms with E-state index >= 15 is 0 Å². The van der Waals surface area contributed by atoms with Gasteiger partial charge in [0.25, 0.3) is 0 Å². The molecule has 0 amide bonds. The zero-order valence-electron chi connectivity index (χ0n) is 14.7. The number of ether oxygens (including phenoxy) is 1. The highest BCUT2D eigenvalue weighted by atomic mass is 35.5. The molecule has 0 aromatic rings. The number of carbonyl (C=O) groups is 1. The zero-order chi connectivity index (χ0) is 17.0. The van der Waals surface area contributed by atoms with Crippen molar-refractivity contribution in [3.63, 3.8) is 0 Å². The van der Waals surface area contributed by atoms with Crippen molar-refractivity contribution in [1.29, 1.82) is 0 Å². The SMILES string of the molecule is CNC1CC(Cl)=C(C(=O)OC(C)(C)C)C=C1NC1CCCCC1. The van der Waals surface area contributed by atoms with E-state index in [0.717, 1.165) is 5.70 Å². The highest BCUT2D eigenvalue weighted by Gasteiger charge is 2.29. The molecule has 130 valence electrons. The zero-order valence-corrected chi connectivity index (χ0v) is 15.4. The molecule has 0 aromatic heterocycles. The third-order valence-electron chi connectivity index (χ3n) is 4.29. The van der Waals surface area contributed by atoms with E-state index in [4.69, 9.17) is 16.3 Å². The highest BCUT2D eigenvalue weighted by Crippen LogP contribution is 2.29. The summed E-state index contributed by atoms with van der Waals surface area (Å²) in [5, 5.41) is 7.47. The number of rotatable bonds is 4. The third kappa shape index (κ3) is 5.25. The minimum absolute atomic E-state index is 0.121. The third-order valence-corrected chi connectivity index (χ3v) is 4.65. The molecule has 0 saturated heterocycles. The second kappa shape index (κ2) is 7.71. The van der Waals surface area contributed by atoms with Gasteiger partial charge in [0.1, 0.15) is 5.60 Å². The summed E-state index contributed by atoms with van der Waals surface area (Å²) >= 11 is 6.35. The highest BCUT2D eigenvalue weighted by molar-refractivity contribution is 6.32. The molecule has 0 spiro atoms. The van der Waals surface area contributed by atoms with Crippen molar-refractivity contribution in [3.8, 4) is 0 Å². The first-order valence-corrected chi connectivity index (χ1v) is 8.95. The summed E-state index contributed by atoms with van der Waals surface area (Å²) in [6.07, 6.45) is 8.71. The van der Waals surface area contributed by atoms with Crippen LogP contribution in [0.15, 0.2) is 22.4 Å². The lowest BCUT2D eigenvalue weighted by molar-refractivity contribution is -0.149. The van der Waals surface area contributed by atoms with Crippen LogP contribution in [-0.2, 0) is 9.53 Å². The van der Waals surface area contributed by atoms with Gasteiger partial charge in [-0.05, 0) is 46.7 Å². The van der Waals surface area contributed by atoms with Crippen LogP contribution in [0.5, 0.6) is 0 Å². The molecule has 0 heterocycles. The van der Waals surface area contributed by atoms with Crippen LogP contribution in [0.25, 0.3) is 0 Å². The standard InChI is InChI=1S/C18H29ClN2O2/c1-18(2,3)23-17(22)13-10-16(15(20-4)11-14(13)19)21-12-8-6-5-7-9-12/h10,12,15,20-21H,5-9,11H2,1-4H3. The molecular formula is C18H29ClN2O2. The Bertz CT molecular complexity index is 500. The van der Waals surface area contributed by atoms with Gasteiger partial charge in [-0.15, -0.1) is 0 Å². The summed E-state index contributed by atoms with van der Waals surface area (Å²) in [5.41, 5.74) is 1.00. The number of hydrogen-bond acceptors (Lipinski definition) is 4. The Labute approximate surface area is 144 Å². The van der Waals surface area contributed by atoms with Crippen LogP contribution >= 0.6 is 11.6 Å². The van der Waals surface area contributed by atoms with E-state index in [1.54, 1.807) is 0 Å². The van der Waals surface area contributed by atoms with Crippen LogP contribution in [0.2, 0.25) is 0 Å². The van der Waals surface area contributed by atoms with Gasteiger partial charge in [0.15, 0.2) is 0 Å². The van der Waals surface area contributed by atoms with Crippen molar-refractivity contribution in [2.45, 2.75) is 77.0 Å². The number of hydrogen-bond donors (Lipinski definition) is 2. The lowest BCUT2D eigenvalue weighted by atomic mass is 9.93. The molecule has 1 atom stereocenters. The van der Waals surface area contributed by atoms with Gasteiger partial charge < -0.3 is 15.4 Å². The Kier molecular flexibility index (Phi) is 6.15. The number of nitrogens with one attached hydrogen (secondary N) is 2. The smallest absolute Gasteiger partial charge is 0.339 e. The molecule has 2 rings (SSSR count). The van der Waals surface area contributed by atoms with Crippen LogP contribution in [0, 0.1) is 0 Å². The van der Waals surface area contributed by atoms with Crippen molar-refractivity contribution >= 4 is 17.6 Å². The summed E-state index contributed by atoms with van der Waals surface area (Å²) < 4.78 is 5.48. The molecule has 2 aliphatic rings. The van der Waals surface area contributed by atoms with E-state index in [2.05, 4.69) is 10.6 Å². The predicted molar refractivity (Wildman–Crippen MR) is 94.3 cm³/mol. The maximum absolute atomic E-state index is 12.4. The maximum atomic E-state index is 12.4. The van der Waals surface area contributed by atoms with E-state index < -0.39 is 5.60 Å². The Hall–Kier alpha value is -1.00. The minimum atomic E-state index is -0.522. The topological polar surface area (TPSA) is 50.4 Å². The molecule has 1 saturated carbocycles. The normalized spacial score (nSPS) is 23.5. The van der Waals surface area contributed by atoms with E-state index in [-0.39, 0.29) is 12.0 Å². The molecule has 1 unspecified atom stereocenters. The number of likely N-dealkylation sites (N-methyl/N-ethyl adjacent to an activating group) is 1. The van der Waals surface area contributed by atoms with Crippen LogP contribution in [0.1, 0.15) is 59.3 Å². The summed E-state index contributed by atoms with van der Waals surface area (Å²) in [7, 11) is 1.92. The number of halogens is 1. The fraction of sp³-hybridized carbons (Fsp3) is 0.722. The second-order valence-corrected chi connectivity index (χ2v) is 7.90. The monoisotopic (exact) mass is 340 g/mol. The Balaban J connectivity index is 2.16. The second-order valence-electron chi connectivity index (χ2n) is 7.44. The van der Waals surface area contributed by atoms with Gasteiger partial charge in [0.05, 0.1) is 11.6 Å². The lowest BCUT2D eigenvalue weighted by Crippen LogP contribution is -2.41. The van der Waals surface area contributed by atoms with Gasteiger partial charge in [-0.25, -0.2) is 4.79 Å². The summed E-state index contributed by atoms with van der Waals surface area (Å²) in [4.78, 5) is 12.4. The Morgan fingerprint density at radius 2 is 1.91 bits per heavy atom. The molecule has 4 nitrogen and oxygen atoms in total. The Morgan fingerprint density at radius 1 is 1.26 bits per heavy atom. The number of carbonyl (C=O) groups excluding carboxylic acids is 1. The minimum Gasteiger partial charge on any atom is -0.456 e. The first kappa shape index (κ1) is 18.3. The largest absolute Gasteiger partial charge is 0.456 e. The van der Waals surface area contributed by atoms with Crippen molar-refractivity contribution in [2.24, 2.45) is 0 Å². The van der Waals surface area contributed by atoms with Crippen LogP contribution in [0.4, 0.5) is 0 Å². The average Bonchev–Trinajstić information content (AvgIpc) is 2.47.